The van der Waals surface area contributed by atoms with E-state index in [2.05, 4.69) is 9.97 Å². The van der Waals surface area contributed by atoms with Crippen LogP contribution < -0.4 is 0 Å². The third-order valence-electron chi connectivity index (χ3n) is 3.07. The summed E-state index contributed by atoms with van der Waals surface area (Å²) in [6.07, 6.45) is 0.427. The van der Waals surface area contributed by atoms with Crippen molar-refractivity contribution in [3.05, 3.63) is 41.0 Å². The minimum Gasteiger partial charge on any atom is -0.345 e. The van der Waals surface area contributed by atoms with Gasteiger partial charge in [-0.15, -0.1) is 0 Å². The predicted octanol–water partition coefficient (Wildman–Crippen LogP) is 2.25. The van der Waals surface area contributed by atoms with E-state index in [0.717, 1.165) is 6.26 Å². The molecule has 6 nitrogen and oxygen atoms in total. The highest BCUT2D eigenvalue weighted by molar-refractivity contribution is 7.90. The van der Waals surface area contributed by atoms with Crippen LogP contribution in [0.3, 0.4) is 0 Å². The molecular weight excluding hydrogens is 328 g/mol. The van der Waals surface area contributed by atoms with Crippen LogP contribution in [-0.2, 0) is 19.3 Å². The molecule has 0 spiro atoms. The van der Waals surface area contributed by atoms with Crippen molar-refractivity contribution in [1.82, 2.24) is 9.97 Å². The van der Waals surface area contributed by atoms with Gasteiger partial charge in [-0.2, -0.15) is 0 Å². The van der Waals surface area contributed by atoms with Crippen molar-refractivity contribution < 1.29 is 17.9 Å². The highest BCUT2D eigenvalue weighted by atomic mass is 35.5. The molecule has 2 heterocycles. The summed E-state index contributed by atoms with van der Waals surface area (Å²) >= 11 is 5.86. The molecule has 116 valence electrons. The monoisotopic (exact) mass is 340 g/mol. The molecule has 0 saturated carbocycles. The molecule has 0 unspecified atom stereocenters. The van der Waals surface area contributed by atoms with E-state index in [1.807, 2.05) is 0 Å². The van der Waals surface area contributed by atoms with Gasteiger partial charge >= 0.3 is 0 Å². The lowest BCUT2D eigenvalue weighted by molar-refractivity contribution is -0.0474. The van der Waals surface area contributed by atoms with Gasteiger partial charge in [0.15, 0.2) is 20.7 Å². The Morgan fingerprint density at radius 1 is 1.14 bits per heavy atom. The molecule has 1 aliphatic rings. The van der Waals surface area contributed by atoms with Crippen LogP contribution in [0.15, 0.2) is 35.4 Å². The number of nitrogens with zero attached hydrogens (tertiary/aromatic N) is 2. The SMILES string of the molecule is CS(=O)(=O)c1cc(C2OCCO2)nc(-c2ccc(Cl)cc2)n1. The molecule has 1 aromatic heterocycles. The number of halogens is 1. The summed E-state index contributed by atoms with van der Waals surface area (Å²) in [5.41, 5.74) is 1.05. The summed E-state index contributed by atoms with van der Waals surface area (Å²) in [4.78, 5) is 8.48. The van der Waals surface area contributed by atoms with Crippen LogP contribution >= 0.6 is 11.6 Å². The van der Waals surface area contributed by atoms with Crippen molar-refractivity contribution in [2.75, 3.05) is 19.5 Å². The first-order valence-corrected chi connectivity index (χ1v) is 8.78. The van der Waals surface area contributed by atoms with Gasteiger partial charge in [-0.1, -0.05) is 11.6 Å². The first-order chi connectivity index (χ1) is 10.4. The van der Waals surface area contributed by atoms with Gasteiger partial charge in [0.25, 0.3) is 0 Å². The fraction of sp³-hybridized carbons (Fsp3) is 0.286. The number of sulfone groups is 1. The number of rotatable bonds is 3. The first-order valence-electron chi connectivity index (χ1n) is 6.52. The number of benzene rings is 1. The van der Waals surface area contributed by atoms with E-state index < -0.39 is 16.1 Å². The largest absolute Gasteiger partial charge is 0.345 e. The fourth-order valence-electron chi connectivity index (χ4n) is 2.01. The van der Waals surface area contributed by atoms with Crippen molar-refractivity contribution in [3.8, 4) is 11.4 Å². The fourth-order valence-corrected chi connectivity index (χ4v) is 2.72. The molecule has 0 radical (unpaired) electrons. The van der Waals surface area contributed by atoms with Crippen LogP contribution in [0, 0.1) is 0 Å². The molecule has 2 aromatic rings. The predicted molar refractivity (Wildman–Crippen MR) is 80.2 cm³/mol. The van der Waals surface area contributed by atoms with Gasteiger partial charge in [-0.25, -0.2) is 18.4 Å². The summed E-state index contributed by atoms with van der Waals surface area (Å²) in [5.74, 6) is 0.286. The molecule has 0 amide bonds. The zero-order valence-electron chi connectivity index (χ0n) is 11.7. The summed E-state index contributed by atoms with van der Waals surface area (Å²) in [6, 6.07) is 8.21. The number of hydrogen-bond acceptors (Lipinski definition) is 6. The highest BCUT2D eigenvalue weighted by Gasteiger charge is 2.24. The van der Waals surface area contributed by atoms with Gasteiger partial charge in [-0.3, -0.25) is 0 Å². The zero-order valence-corrected chi connectivity index (χ0v) is 13.3. The second-order valence-electron chi connectivity index (χ2n) is 4.81. The van der Waals surface area contributed by atoms with Gasteiger partial charge in [0.1, 0.15) is 5.69 Å². The zero-order chi connectivity index (χ0) is 15.7. The Kier molecular flexibility index (Phi) is 4.14. The lowest BCUT2D eigenvalue weighted by Crippen LogP contribution is -2.09. The minimum atomic E-state index is -3.48. The molecule has 0 atom stereocenters. The second-order valence-corrected chi connectivity index (χ2v) is 7.21. The topological polar surface area (TPSA) is 78.4 Å². The quantitative estimate of drug-likeness (QED) is 0.797. The standard InChI is InChI=1S/C14H13ClN2O4S/c1-22(18,19)12-8-11(14-20-6-7-21-14)16-13(17-12)9-2-4-10(15)5-3-9/h2-5,8,14H,6-7H2,1H3. The van der Waals surface area contributed by atoms with Crippen LogP contribution in [-0.4, -0.2) is 37.9 Å². The maximum atomic E-state index is 11.8. The average Bonchev–Trinajstić information content (AvgIpc) is 3.01. The molecule has 1 aromatic carbocycles. The van der Waals surface area contributed by atoms with Crippen molar-refractivity contribution in [2.24, 2.45) is 0 Å². The van der Waals surface area contributed by atoms with Crippen molar-refractivity contribution >= 4 is 21.4 Å². The Hall–Kier alpha value is -1.54. The van der Waals surface area contributed by atoms with E-state index >= 15 is 0 Å². The van der Waals surface area contributed by atoms with Crippen molar-refractivity contribution in [3.63, 3.8) is 0 Å². The third kappa shape index (κ3) is 3.27. The van der Waals surface area contributed by atoms with Crippen LogP contribution in [0.1, 0.15) is 12.0 Å². The van der Waals surface area contributed by atoms with Crippen LogP contribution in [0.2, 0.25) is 5.02 Å². The van der Waals surface area contributed by atoms with Gasteiger partial charge in [-0.05, 0) is 24.3 Å². The first kappa shape index (κ1) is 15.4. The molecule has 1 saturated heterocycles. The smallest absolute Gasteiger partial charge is 0.201 e. The Morgan fingerprint density at radius 2 is 1.77 bits per heavy atom. The minimum absolute atomic E-state index is 0.0680. The molecule has 0 N–H and O–H groups in total. The summed E-state index contributed by atoms with van der Waals surface area (Å²) in [5, 5.41) is 0.507. The summed E-state index contributed by atoms with van der Waals surface area (Å²) in [7, 11) is -3.48. The van der Waals surface area contributed by atoms with E-state index in [9.17, 15) is 8.42 Å². The number of aromatic nitrogens is 2. The average molecular weight is 341 g/mol. The molecule has 0 bridgehead atoms. The highest BCUT2D eigenvalue weighted by Crippen LogP contribution is 2.26. The number of ether oxygens (including phenoxy) is 2. The van der Waals surface area contributed by atoms with Gasteiger partial charge in [0.05, 0.1) is 13.2 Å². The van der Waals surface area contributed by atoms with E-state index in [0.29, 0.717) is 29.5 Å². The maximum absolute atomic E-state index is 11.8. The van der Waals surface area contributed by atoms with Crippen LogP contribution in [0.4, 0.5) is 0 Å². The van der Waals surface area contributed by atoms with E-state index in [4.69, 9.17) is 21.1 Å². The molecule has 0 aliphatic carbocycles. The van der Waals surface area contributed by atoms with Gasteiger partial charge in [0, 0.05) is 22.9 Å². The van der Waals surface area contributed by atoms with E-state index in [1.54, 1.807) is 24.3 Å². The van der Waals surface area contributed by atoms with Gasteiger partial charge < -0.3 is 9.47 Å². The molecule has 1 fully saturated rings. The molecule has 8 heteroatoms. The maximum Gasteiger partial charge on any atom is 0.201 e. The summed E-state index contributed by atoms with van der Waals surface area (Å²) < 4.78 is 34.5. The van der Waals surface area contributed by atoms with Crippen LogP contribution in [0.5, 0.6) is 0 Å². The lowest BCUT2D eigenvalue weighted by atomic mass is 10.2. The molecule has 22 heavy (non-hydrogen) atoms. The second kappa shape index (κ2) is 5.92. The van der Waals surface area contributed by atoms with Gasteiger partial charge in [0.2, 0.25) is 6.29 Å². The van der Waals surface area contributed by atoms with E-state index in [1.165, 1.54) is 6.07 Å². The number of hydrogen-bond donors (Lipinski definition) is 0. The molecule has 1 aliphatic heterocycles. The molecular formula is C14H13ClN2O4S. The molecule has 3 rings (SSSR count). The van der Waals surface area contributed by atoms with E-state index in [-0.39, 0.29) is 10.9 Å². The van der Waals surface area contributed by atoms with Crippen molar-refractivity contribution in [2.45, 2.75) is 11.3 Å². The Balaban J connectivity index is 2.12. The van der Waals surface area contributed by atoms with Crippen molar-refractivity contribution in [1.29, 1.82) is 0 Å². The van der Waals surface area contributed by atoms with Crippen LogP contribution in [0.25, 0.3) is 11.4 Å². The Labute approximate surface area is 133 Å². The Bertz CT molecular complexity index is 787. The lowest BCUT2D eigenvalue weighted by Gasteiger charge is -2.11. The Morgan fingerprint density at radius 3 is 2.36 bits per heavy atom. The third-order valence-corrected chi connectivity index (χ3v) is 4.29. The summed E-state index contributed by atoms with van der Waals surface area (Å²) in [6.45, 7) is 0.887. The normalized spacial score (nSPS) is 16.1.